The molecule has 21 heavy (non-hydrogen) atoms. The molecule has 0 spiro atoms. The van der Waals surface area contributed by atoms with E-state index in [0.29, 0.717) is 12.1 Å². The van der Waals surface area contributed by atoms with Gasteiger partial charge in [0, 0.05) is 21.9 Å². The molecule has 3 aromatic rings. The summed E-state index contributed by atoms with van der Waals surface area (Å²) in [4.78, 5) is 22.3. The second-order valence-corrected chi connectivity index (χ2v) is 6.35. The highest BCUT2D eigenvalue weighted by atomic mass is 79.9. The maximum absolute atomic E-state index is 12.5. The van der Waals surface area contributed by atoms with Gasteiger partial charge in [-0.25, -0.2) is 4.98 Å². The van der Waals surface area contributed by atoms with E-state index in [1.54, 1.807) is 10.9 Å². The van der Waals surface area contributed by atoms with Crippen LogP contribution in [-0.2, 0) is 6.54 Å². The van der Waals surface area contributed by atoms with E-state index >= 15 is 0 Å². The molecule has 110 valence electrons. The molecule has 1 aromatic carbocycles. The summed E-state index contributed by atoms with van der Waals surface area (Å²) in [5.41, 5.74) is 2.24. The topological polar surface area (TPSA) is 53.9 Å². The average molecular weight is 349 g/mol. The molecule has 1 N–H and O–H groups in total. The Labute approximate surface area is 130 Å². The highest BCUT2D eigenvalue weighted by Gasteiger charge is 2.11. The second kappa shape index (κ2) is 5.61. The van der Waals surface area contributed by atoms with Gasteiger partial charge < -0.3 is 9.88 Å². The van der Waals surface area contributed by atoms with Gasteiger partial charge in [-0.1, -0.05) is 15.9 Å². The zero-order valence-electron chi connectivity index (χ0n) is 12.1. The minimum Gasteiger partial charge on any atom is -0.349 e. The molecule has 0 unspecified atom stereocenters. The van der Waals surface area contributed by atoms with Crippen LogP contribution in [-0.4, -0.2) is 40.1 Å². The summed E-state index contributed by atoms with van der Waals surface area (Å²) >= 11 is 3.45. The zero-order chi connectivity index (χ0) is 15.0. The number of rotatable bonds is 4. The van der Waals surface area contributed by atoms with Crippen molar-refractivity contribution < 1.29 is 0 Å². The van der Waals surface area contributed by atoms with Gasteiger partial charge in [-0.2, -0.15) is 0 Å². The van der Waals surface area contributed by atoms with E-state index in [0.717, 1.165) is 33.9 Å². The first-order chi connectivity index (χ1) is 10.1. The summed E-state index contributed by atoms with van der Waals surface area (Å²) in [6.45, 7) is 1.63. The van der Waals surface area contributed by atoms with Crippen LogP contribution in [0.4, 0.5) is 0 Å². The fraction of sp³-hybridized carbons (Fsp3) is 0.333. The van der Waals surface area contributed by atoms with Crippen molar-refractivity contribution in [2.45, 2.75) is 13.0 Å². The smallest absolute Gasteiger partial charge is 0.277 e. The molecular weight excluding hydrogens is 332 g/mol. The van der Waals surface area contributed by atoms with Crippen LogP contribution in [0.2, 0.25) is 0 Å². The molecule has 2 heterocycles. The number of nitrogens with one attached hydrogen (secondary N) is 1. The molecule has 0 aliphatic rings. The van der Waals surface area contributed by atoms with Crippen LogP contribution in [0, 0.1) is 0 Å². The van der Waals surface area contributed by atoms with E-state index in [4.69, 9.17) is 0 Å². The predicted octanol–water partition coefficient (Wildman–Crippen LogP) is 2.59. The lowest BCUT2D eigenvalue weighted by Crippen LogP contribution is -2.23. The first kappa shape index (κ1) is 14.3. The van der Waals surface area contributed by atoms with Crippen LogP contribution in [0.1, 0.15) is 6.42 Å². The van der Waals surface area contributed by atoms with Gasteiger partial charge in [0.2, 0.25) is 0 Å². The summed E-state index contributed by atoms with van der Waals surface area (Å²) in [5.74, 6) is 0. The Hall–Kier alpha value is -1.66. The lowest BCUT2D eigenvalue weighted by molar-refractivity contribution is 0.384. The van der Waals surface area contributed by atoms with Crippen molar-refractivity contribution in [1.82, 2.24) is 19.4 Å². The molecule has 5 nitrogen and oxygen atoms in total. The molecule has 0 aliphatic carbocycles. The Bertz CT molecular complexity index is 850. The highest BCUT2D eigenvalue weighted by molar-refractivity contribution is 9.10. The Morgan fingerprint density at radius 1 is 1.38 bits per heavy atom. The molecular formula is C15H17BrN4O. The van der Waals surface area contributed by atoms with Crippen molar-refractivity contribution in [1.29, 1.82) is 0 Å². The summed E-state index contributed by atoms with van der Waals surface area (Å²) < 4.78 is 2.66. The molecule has 2 aromatic heterocycles. The number of hydrogen-bond acceptors (Lipinski definition) is 3. The minimum atomic E-state index is -0.00826. The largest absolute Gasteiger partial charge is 0.349 e. The number of hydrogen-bond donors (Lipinski definition) is 1. The predicted molar refractivity (Wildman–Crippen MR) is 88.7 cm³/mol. The Kier molecular flexibility index (Phi) is 3.82. The SMILES string of the molecule is CN(C)CCCn1cnc2c([nH]c3ccc(Br)cc32)c1=O. The number of benzene rings is 1. The van der Waals surface area contributed by atoms with Gasteiger partial charge in [0.15, 0.2) is 0 Å². The summed E-state index contributed by atoms with van der Waals surface area (Å²) in [6.07, 6.45) is 2.57. The van der Waals surface area contributed by atoms with Gasteiger partial charge in [-0.15, -0.1) is 0 Å². The van der Waals surface area contributed by atoms with Gasteiger partial charge in [0.05, 0.1) is 6.33 Å². The summed E-state index contributed by atoms with van der Waals surface area (Å²) in [7, 11) is 4.06. The molecule has 0 radical (unpaired) electrons. The van der Waals surface area contributed by atoms with Crippen LogP contribution in [0.3, 0.4) is 0 Å². The average Bonchev–Trinajstić information content (AvgIpc) is 2.80. The zero-order valence-corrected chi connectivity index (χ0v) is 13.6. The van der Waals surface area contributed by atoms with E-state index in [1.807, 2.05) is 32.3 Å². The first-order valence-electron chi connectivity index (χ1n) is 6.87. The third kappa shape index (κ3) is 2.73. The van der Waals surface area contributed by atoms with Gasteiger partial charge >= 0.3 is 0 Å². The van der Waals surface area contributed by atoms with E-state index < -0.39 is 0 Å². The Balaban J connectivity index is 2.04. The highest BCUT2D eigenvalue weighted by Crippen LogP contribution is 2.24. The molecule has 3 rings (SSSR count). The standard InChI is InChI=1S/C15H17BrN4O/c1-19(2)6-3-7-20-9-17-13-11-8-10(16)4-5-12(11)18-14(13)15(20)21/h4-5,8-9,18H,3,6-7H2,1-2H3. The number of aromatic nitrogens is 3. The van der Waals surface area contributed by atoms with Crippen molar-refractivity contribution in [3.63, 3.8) is 0 Å². The van der Waals surface area contributed by atoms with E-state index in [-0.39, 0.29) is 5.56 Å². The maximum atomic E-state index is 12.5. The van der Waals surface area contributed by atoms with Crippen LogP contribution < -0.4 is 5.56 Å². The number of aryl methyl sites for hydroxylation is 1. The third-order valence-corrected chi connectivity index (χ3v) is 4.03. The number of nitrogens with zero attached hydrogens (tertiary/aromatic N) is 3. The van der Waals surface area contributed by atoms with Crippen molar-refractivity contribution >= 4 is 37.9 Å². The van der Waals surface area contributed by atoms with Crippen LogP contribution in [0.15, 0.2) is 33.8 Å². The fourth-order valence-electron chi connectivity index (χ4n) is 2.48. The van der Waals surface area contributed by atoms with Crippen LogP contribution in [0.5, 0.6) is 0 Å². The van der Waals surface area contributed by atoms with Crippen LogP contribution >= 0.6 is 15.9 Å². The van der Waals surface area contributed by atoms with E-state index in [2.05, 4.69) is 30.8 Å². The number of aromatic amines is 1. The maximum Gasteiger partial charge on any atom is 0.277 e. The molecule has 0 bridgehead atoms. The van der Waals surface area contributed by atoms with Gasteiger partial charge in [0.25, 0.3) is 5.56 Å². The van der Waals surface area contributed by atoms with Crippen molar-refractivity contribution in [3.05, 3.63) is 39.4 Å². The quantitative estimate of drug-likeness (QED) is 0.788. The minimum absolute atomic E-state index is 0.00826. The first-order valence-corrected chi connectivity index (χ1v) is 7.66. The molecule has 0 saturated heterocycles. The monoisotopic (exact) mass is 348 g/mol. The van der Waals surface area contributed by atoms with Crippen molar-refractivity contribution in [3.8, 4) is 0 Å². The molecule has 0 saturated carbocycles. The third-order valence-electron chi connectivity index (χ3n) is 3.54. The molecule has 6 heteroatoms. The number of halogens is 1. The molecule has 0 aliphatic heterocycles. The summed E-state index contributed by atoms with van der Waals surface area (Å²) in [5, 5.41) is 0.969. The van der Waals surface area contributed by atoms with Crippen molar-refractivity contribution in [2.75, 3.05) is 20.6 Å². The summed E-state index contributed by atoms with van der Waals surface area (Å²) in [6, 6.07) is 5.89. The van der Waals surface area contributed by atoms with Crippen molar-refractivity contribution in [2.24, 2.45) is 0 Å². The number of H-pyrrole nitrogens is 1. The molecule has 0 atom stereocenters. The van der Waals surface area contributed by atoms with E-state index in [9.17, 15) is 4.79 Å². The molecule has 0 amide bonds. The van der Waals surface area contributed by atoms with Crippen LogP contribution in [0.25, 0.3) is 21.9 Å². The van der Waals surface area contributed by atoms with Gasteiger partial charge in [-0.05, 0) is 45.3 Å². The lowest BCUT2D eigenvalue weighted by Gasteiger charge is -2.10. The van der Waals surface area contributed by atoms with Gasteiger partial charge in [0.1, 0.15) is 11.0 Å². The number of fused-ring (bicyclic) bond motifs is 3. The second-order valence-electron chi connectivity index (χ2n) is 5.44. The Morgan fingerprint density at radius 3 is 2.95 bits per heavy atom. The van der Waals surface area contributed by atoms with Gasteiger partial charge in [-0.3, -0.25) is 9.36 Å². The fourth-order valence-corrected chi connectivity index (χ4v) is 2.84. The lowest BCUT2D eigenvalue weighted by atomic mass is 10.2. The Morgan fingerprint density at radius 2 is 2.19 bits per heavy atom. The molecule has 0 fully saturated rings. The van der Waals surface area contributed by atoms with E-state index in [1.165, 1.54) is 0 Å². The normalized spacial score (nSPS) is 11.8.